The van der Waals surface area contributed by atoms with Crippen molar-refractivity contribution in [1.29, 1.82) is 0 Å². The van der Waals surface area contributed by atoms with E-state index in [0.717, 1.165) is 5.56 Å². The SMILES string of the molecule is C[C@H](C(=O)O)N(C(=O)c1ccccc1)[C@H](C)c1ccccc1. The standard InChI is InChI=1S/C18H19NO3/c1-13(15-9-5-3-6-10-15)19(14(2)18(21)22)17(20)16-11-7-4-8-12-16/h3-14H,1-2H3,(H,21,22)/t13-,14-/m1/s1. The van der Waals surface area contributed by atoms with Crippen LogP contribution in [-0.4, -0.2) is 27.9 Å². The van der Waals surface area contributed by atoms with Crippen LogP contribution in [0, 0.1) is 0 Å². The average molecular weight is 297 g/mol. The van der Waals surface area contributed by atoms with Gasteiger partial charge >= 0.3 is 5.97 Å². The molecule has 0 aliphatic carbocycles. The van der Waals surface area contributed by atoms with Crippen molar-refractivity contribution in [2.45, 2.75) is 25.9 Å². The molecule has 22 heavy (non-hydrogen) atoms. The molecule has 0 heterocycles. The molecular weight excluding hydrogens is 278 g/mol. The molecule has 0 bridgehead atoms. The molecule has 0 fully saturated rings. The summed E-state index contributed by atoms with van der Waals surface area (Å²) in [5.74, 6) is -1.31. The van der Waals surface area contributed by atoms with Gasteiger partial charge in [-0.3, -0.25) is 4.79 Å². The maximum Gasteiger partial charge on any atom is 0.326 e. The topological polar surface area (TPSA) is 57.6 Å². The third-order valence-electron chi connectivity index (χ3n) is 3.73. The minimum atomic E-state index is -1.02. The summed E-state index contributed by atoms with van der Waals surface area (Å²) in [5.41, 5.74) is 1.39. The van der Waals surface area contributed by atoms with Crippen LogP contribution in [0.4, 0.5) is 0 Å². The van der Waals surface area contributed by atoms with Crippen LogP contribution < -0.4 is 0 Å². The van der Waals surface area contributed by atoms with Gasteiger partial charge in [-0.25, -0.2) is 4.79 Å². The summed E-state index contributed by atoms with van der Waals surface area (Å²) in [6.45, 7) is 3.37. The third-order valence-corrected chi connectivity index (χ3v) is 3.73. The first kappa shape index (κ1) is 15.8. The van der Waals surface area contributed by atoms with Crippen LogP contribution in [0.3, 0.4) is 0 Å². The van der Waals surface area contributed by atoms with Crippen molar-refractivity contribution in [2.75, 3.05) is 0 Å². The van der Waals surface area contributed by atoms with Crippen molar-refractivity contribution in [3.63, 3.8) is 0 Å². The van der Waals surface area contributed by atoms with Crippen molar-refractivity contribution in [3.05, 3.63) is 71.8 Å². The van der Waals surface area contributed by atoms with Gasteiger partial charge in [0.1, 0.15) is 6.04 Å². The molecule has 1 amide bonds. The summed E-state index contributed by atoms with van der Waals surface area (Å²) >= 11 is 0. The Kier molecular flexibility index (Phi) is 4.94. The molecule has 1 N–H and O–H groups in total. The lowest BCUT2D eigenvalue weighted by Crippen LogP contribution is -2.44. The molecule has 0 unspecified atom stereocenters. The number of hydrogen-bond donors (Lipinski definition) is 1. The number of carboxylic acid groups (broad SMARTS) is 1. The van der Waals surface area contributed by atoms with Crippen LogP contribution in [0.25, 0.3) is 0 Å². The Bertz CT molecular complexity index is 640. The molecular formula is C18H19NO3. The van der Waals surface area contributed by atoms with E-state index >= 15 is 0 Å². The molecule has 2 atom stereocenters. The lowest BCUT2D eigenvalue weighted by atomic mass is 10.0. The first-order valence-electron chi connectivity index (χ1n) is 7.18. The summed E-state index contributed by atoms with van der Waals surface area (Å²) in [6.07, 6.45) is 0. The van der Waals surface area contributed by atoms with E-state index in [1.54, 1.807) is 24.3 Å². The second kappa shape index (κ2) is 6.89. The Morgan fingerprint density at radius 3 is 1.91 bits per heavy atom. The van der Waals surface area contributed by atoms with E-state index in [1.807, 2.05) is 43.3 Å². The molecule has 4 heteroatoms. The zero-order valence-corrected chi connectivity index (χ0v) is 12.6. The summed E-state index contributed by atoms with van der Waals surface area (Å²) in [6, 6.07) is 16.9. The molecule has 0 saturated carbocycles. The van der Waals surface area contributed by atoms with Crippen LogP contribution in [0.1, 0.15) is 35.8 Å². The Morgan fingerprint density at radius 1 is 0.909 bits per heavy atom. The highest BCUT2D eigenvalue weighted by Crippen LogP contribution is 2.24. The summed E-state index contributed by atoms with van der Waals surface area (Å²) in [4.78, 5) is 25.6. The fraction of sp³-hybridized carbons (Fsp3) is 0.222. The van der Waals surface area contributed by atoms with Crippen molar-refractivity contribution in [3.8, 4) is 0 Å². The van der Waals surface area contributed by atoms with Gasteiger partial charge in [0.15, 0.2) is 0 Å². The fourth-order valence-electron chi connectivity index (χ4n) is 2.43. The highest BCUT2D eigenvalue weighted by atomic mass is 16.4. The van der Waals surface area contributed by atoms with Gasteiger partial charge < -0.3 is 10.0 Å². The minimum Gasteiger partial charge on any atom is -0.480 e. The van der Waals surface area contributed by atoms with E-state index in [0.29, 0.717) is 5.56 Å². The summed E-state index contributed by atoms with van der Waals surface area (Å²) in [7, 11) is 0. The smallest absolute Gasteiger partial charge is 0.326 e. The van der Waals surface area contributed by atoms with Crippen LogP contribution in [0.2, 0.25) is 0 Å². The van der Waals surface area contributed by atoms with Gasteiger partial charge in [-0.1, -0.05) is 48.5 Å². The molecule has 0 spiro atoms. The average Bonchev–Trinajstić information content (AvgIpc) is 2.56. The summed E-state index contributed by atoms with van der Waals surface area (Å²) in [5, 5.41) is 9.35. The van der Waals surface area contributed by atoms with Crippen molar-refractivity contribution in [2.24, 2.45) is 0 Å². The molecule has 2 rings (SSSR count). The molecule has 0 saturated heterocycles. The number of benzene rings is 2. The Morgan fingerprint density at radius 2 is 1.41 bits per heavy atom. The van der Waals surface area contributed by atoms with Crippen LogP contribution in [0.15, 0.2) is 60.7 Å². The van der Waals surface area contributed by atoms with E-state index in [4.69, 9.17) is 0 Å². The largest absolute Gasteiger partial charge is 0.480 e. The molecule has 114 valence electrons. The zero-order chi connectivity index (χ0) is 16.1. The fourth-order valence-corrected chi connectivity index (χ4v) is 2.43. The van der Waals surface area contributed by atoms with E-state index in [1.165, 1.54) is 11.8 Å². The number of carboxylic acids is 1. The Balaban J connectivity index is 2.39. The minimum absolute atomic E-state index is 0.285. The Hall–Kier alpha value is -2.62. The lowest BCUT2D eigenvalue weighted by molar-refractivity contribution is -0.142. The monoisotopic (exact) mass is 297 g/mol. The number of carbonyl (C=O) groups is 2. The maximum atomic E-state index is 12.8. The zero-order valence-electron chi connectivity index (χ0n) is 12.6. The highest BCUT2D eigenvalue weighted by Gasteiger charge is 2.31. The first-order valence-corrected chi connectivity index (χ1v) is 7.18. The van der Waals surface area contributed by atoms with Gasteiger partial charge in [0.05, 0.1) is 6.04 Å². The number of hydrogen-bond acceptors (Lipinski definition) is 2. The molecule has 0 aromatic heterocycles. The van der Waals surface area contributed by atoms with Gasteiger partial charge in [-0.05, 0) is 31.5 Å². The Labute approximate surface area is 130 Å². The number of aliphatic carboxylic acids is 1. The van der Waals surface area contributed by atoms with E-state index in [-0.39, 0.29) is 11.9 Å². The second-order valence-electron chi connectivity index (χ2n) is 5.18. The number of rotatable bonds is 5. The highest BCUT2D eigenvalue weighted by molar-refractivity contribution is 5.96. The van der Waals surface area contributed by atoms with Gasteiger partial charge in [0.2, 0.25) is 0 Å². The quantitative estimate of drug-likeness (QED) is 0.920. The van der Waals surface area contributed by atoms with Gasteiger partial charge in [-0.2, -0.15) is 0 Å². The van der Waals surface area contributed by atoms with E-state index in [2.05, 4.69) is 0 Å². The molecule has 0 aliphatic rings. The predicted octanol–water partition coefficient (Wildman–Crippen LogP) is 3.36. The summed E-state index contributed by atoms with van der Waals surface area (Å²) < 4.78 is 0. The van der Waals surface area contributed by atoms with Crippen LogP contribution >= 0.6 is 0 Å². The normalized spacial score (nSPS) is 13.2. The molecule has 2 aromatic carbocycles. The predicted molar refractivity (Wildman–Crippen MR) is 84.6 cm³/mol. The van der Waals surface area contributed by atoms with E-state index in [9.17, 15) is 14.7 Å². The van der Waals surface area contributed by atoms with Gasteiger partial charge in [0, 0.05) is 5.56 Å². The molecule has 4 nitrogen and oxygen atoms in total. The number of nitrogens with zero attached hydrogens (tertiary/aromatic N) is 1. The van der Waals surface area contributed by atoms with Crippen LogP contribution in [-0.2, 0) is 4.79 Å². The maximum absolute atomic E-state index is 12.8. The molecule has 2 aromatic rings. The van der Waals surface area contributed by atoms with E-state index < -0.39 is 12.0 Å². The number of carbonyl (C=O) groups excluding carboxylic acids is 1. The van der Waals surface area contributed by atoms with Crippen molar-refractivity contribution >= 4 is 11.9 Å². The lowest BCUT2D eigenvalue weighted by Gasteiger charge is -2.33. The van der Waals surface area contributed by atoms with Gasteiger partial charge in [-0.15, -0.1) is 0 Å². The van der Waals surface area contributed by atoms with Gasteiger partial charge in [0.25, 0.3) is 5.91 Å². The first-order chi connectivity index (χ1) is 10.5. The molecule has 0 radical (unpaired) electrons. The number of amides is 1. The van der Waals surface area contributed by atoms with Crippen molar-refractivity contribution in [1.82, 2.24) is 4.90 Å². The van der Waals surface area contributed by atoms with Crippen molar-refractivity contribution < 1.29 is 14.7 Å². The third kappa shape index (κ3) is 3.34. The van der Waals surface area contributed by atoms with Crippen LogP contribution in [0.5, 0.6) is 0 Å². The molecule has 0 aliphatic heterocycles. The second-order valence-corrected chi connectivity index (χ2v) is 5.18.